The van der Waals surface area contributed by atoms with Crippen molar-refractivity contribution in [3.8, 4) is 0 Å². The smallest absolute Gasteiger partial charge is 0.326 e. The average Bonchev–Trinajstić information content (AvgIpc) is 2.46. The zero-order valence-electron chi connectivity index (χ0n) is 13.9. The monoisotopic (exact) mass is 301 g/mol. The molecule has 0 amide bonds. The van der Waals surface area contributed by atoms with E-state index >= 15 is 0 Å². The molecule has 5 heteroatoms. The molecule has 0 aliphatic heterocycles. The zero-order valence-corrected chi connectivity index (χ0v) is 13.9. The number of carbonyl (C=O) groups excluding carboxylic acids is 1. The highest BCUT2D eigenvalue weighted by Crippen LogP contribution is 2.32. The molecule has 1 fully saturated rings. The molecule has 0 spiro atoms. The number of nitrogens with one attached hydrogen (secondary N) is 1. The number of hydrogen-bond acceptors (Lipinski definition) is 5. The summed E-state index contributed by atoms with van der Waals surface area (Å²) in [7, 11) is 0. The van der Waals surface area contributed by atoms with Crippen LogP contribution in [0.15, 0.2) is 0 Å². The van der Waals surface area contributed by atoms with Gasteiger partial charge in [0.05, 0.1) is 25.4 Å². The Morgan fingerprint density at radius 2 is 2.10 bits per heavy atom. The third-order valence-corrected chi connectivity index (χ3v) is 3.87. The summed E-state index contributed by atoms with van der Waals surface area (Å²) < 4.78 is 16.7. The minimum atomic E-state index is -0.584. The Kier molecular flexibility index (Phi) is 8.22. The lowest BCUT2D eigenvalue weighted by molar-refractivity contribution is -0.157. The molecular weight excluding hydrogens is 270 g/mol. The Morgan fingerprint density at radius 1 is 1.33 bits per heavy atom. The first kappa shape index (κ1) is 18.4. The Hall–Kier alpha value is -0.650. The van der Waals surface area contributed by atoms with E-state index in [4.69, 9.17) is 14.2 Å². The zero-order chi connectivity index (χ0) is 15.7. The average molecular weight is 301 g/mol. The third-order valence-electron chi connectivity index (χ3n) is 3.87. The van der Waals surface area contributed by atoms with Crippen molar-refractivity contribution in [1.82, 2.24) is 5.32 Å². The molecule has 0 saturated heterocycles. The fourth-order valence-corrected chi connectivity index (χ4v) is 3.02. The minimum absolute atomic E-state index is 0.0505. The van der Waals surface area contributed by atoms with Gasteiger partial charge < -0.3 is 19.5 Å². The van der Waals surface area contributed by atoms with Crippen LogP contribution in [0.4, 0.5) is 0 Å². The first-order valence-electron chi connectivity index (χ1n) is 8.23. The van der Waals surface area contributed by atoms with Gasteiger partial charge in [-0.1, -0.05) is 6.92 Å². The van der Waals surface area contributed by atoms with Crippen molar-refractivity contribution < 1.29 is 19.0 Å². The van der Waals surface area contributed by atoms with Crippen LogP contribution in [0.25, 0.3) is 0 Å². The van der Waals surface area contributed by atoms with Crippen LogP contribution in [0, 0.1) is 0 Å². The Morgan fingerprint density at radius 3 is 2.71 bits per heavy atom. The molecule has 0 aromatic heterocycles. The van der Waals surface area contributed by atoms with Gasteiger partial charge in [0.1, 0.15) is 5.54 Å². The molecule has 1 N–H and O–H groups in total. The van der Waals surface area contributed by atoms with Crippen LogP contribution in [0.3, 0.4) is 0 Å². The Balaban J connectivity index is 2.63. The van der Waals surface area contributed by atoms with Crippen LogP contribution in [-0.2, 0) is 19.0 Å². The molecule has 0 bridgehead atoms. The van der Waals surface area contributed by atoms with Gasteiger partial charge in [0, 0.05) is 13.0 Å². The van der Waals surface area contributed by atoms with Gasteiger partial charge in [-0.25, -0.2) is 0 Å². The van der Waals surface area contributed by atoms with Gasteiger partial charge in [-0.3, -0.25) is 4.79 Å². The van der Waals surface area contributed by atoms with Crippen molar-refractivity contribution in [1.29, 1.82) is 0 Å². The van der Waals surface area contributed by atoms with Crippen LogP contribution in [0.2, 0.25) is 0 Å². The summed E-state index contributed by atoms with van der Waals surface area (Å²) in [5.41, 5.74) is -0.584. The van der Waals surface area contributed by atoms with E-state index in [0.717, 1.165) is 25.8 Å². The summed E-state index contributed by atoms with van der Waals surface area (Å²) in [5.74, 6) is -0.141. The molecule has 1 aliphatic rings. The van der Waals surface area contributed by atoms with Crippen molar-refractivity contribution in [2.45, 2.75) is 71.1 Å². The highest BCUT2D eigenvalue weighted by molar-refractivity contribution is 5.81. The molecule has 0 aromatic rings. The van der Waals surface area contributed by atoms with Crippen LogP contribution < -0.4 is 5.32 Å². The van der Waals surface area contributed by atoms with Gasteiger partial charge in [-0.05, 0) is 46.6 Å². The minimum Gasteiger partial charge on any atom is -0.465 e. The van der Waals surface area contributed by atoms with Crippen molar-refractivity contribution >= 4 is 5.97 Å². The Bertz CT molecular complexity index is 307. The summed E-state index contributed by atoms with van der Waals surface area (Å²) in [6.45, 7) is 10.3. The van der Waals surface area contributed by atoms with E-state index in [1.54, 1.807) is 0 Å². The lowest BCUT2D eigenvalue weighted by Crippen LogP contribution is -2.57. The number of rotatable bonds is 9. The number of likely N-dealkylation sites (N-methyl/N-ethyl adjacent to an activating group) is 1. The molecular formula is C16H31NO4. The maximum Gasteiger partial charge on any atom is 0.326 e. The topological polar surface area (TPSA) is 56.8 Å². The Labute approximate surface area is 128 Å². The summed E-state index contributed by atoms with van der Waals surface area (Å²) in [4.78, 5) is 12.3. The highest BCUT2D eigenvalue weighted by atomic mass is 16.5. The predicted octanol–water partition coefficient (Wildman–Crippen LogP) is 2.28. The van der Waals surface area contributed by atoms with Crippen LogP contribution in [-0.4, -0.2) is 50.1 Å². The molecule has 21 heavy (non-hydrogen) atoms. The van der Waals surface area contributed by atoms with Crippen molar-refractivity contribution in [3.63, 3.8) is 0 Å². The fourth-order valence-electron chi connectivity index (χ4n) is 3.02. The molecule has 1 saturated carbocycles. The number of carbonyl (C=O) groups is 1. The van der Waals surface area contributed by atoms with E-state index < -0.39 is 5.54 Å². The SMILES string of the molecule is CCNC1(C(=O)OCC)CCCC(OC(C)COCC)C1. The predicted molar refractivity (Wildman–Crippen MR) is 82.3 cm³/mol. The first-order chi connectivity index (χ1) is 10.1. The van der Waals surface area contributed by atoms with Gasteiger partial charge in [-0.15, -0.1) is 0 Å². The third kappa shape index (κ3) is 5.57. The van der Waals surface area contributed by atoms with Crippen molar-refractivity contribution in [2.75, 3.05) is 26.4 Å². The van der Waals surface area contributed by atoms with Gasteiger partial charge in [-0.2, -0.15) is 0 Å². The summed E-state index contributed by atoms with van der Waals surface area (Å²) in [5, 5.41) is 3.34. The molecule has 124 valence electrons. The quantitative estimate of drug-likeness (QED) is 0.662. The van der Waals surface area contributed by atoms with E-state index in [2.05, 4.69) is 5.32 Å². The lowest BCUT2D eigenvalue weighted by atomic mass is 9.80. The van der Waals surface area contributed by atoms with Gasteiger partial charge in [0.15, 0.2) is 0 Å². The number of esters is 1. The molecule has 0 radical (unpaired) electrons. The fraction of sp³-hybridized carbons (Fsp3) is 0.938. The number of hydrogen-bond donors (Lipinski definition) is 1. The van der Waals surface area contributed by atoms with Crippen molar-refractivity contribution in [2.24, 2.45) is 0 Å². The lowest BCUT2D eigenvalue weighted by Gasteiger charge is -2.40. The highest BCUT2D eigenvalue weighted by Gasteiger charge is 2.44. The van der Waals surface area contributed by atoms with E-state index in [1.165, 1.54) is 0 Å². The normalized spacial score (nSPS) is 27.3. The van der Waals surface area contributed by atoms with Gasteiger partial charge in [0.25, 0.3) is 0 Å². The van der Waals surface area contributed by atoms with Crippen LogP contribution in [0.1, 0.15) is 53.4 Å². The van der Waals surface area contributed by atoms with Crippen molar-refractivity contribution in [3.05, 3.63) is 0 Å². The molecule has 0 aromatic carbocycles. The summed E-state index contributed by atoms with van der Waals surface area (Å²) in [6.07, 6.45) is 3.59. The molecule has 1 aliphatic carbocycles. The second-order valence-corrected chi connectivity index (χ2v) is 5.66. The standard InChI is InChI=1S/C16H31NO4/c1-5-17-16(15(18)20-7-3)10-8-9-14(11-16)21-13(4)12-19-6-2/h13-14,17H,5-12H2,1-4H3. The van der Waals surface area contributed by atoms with E-state index in [-0.39, 0.29) is 18.2 Å². The molecule has 1 rings (SSSR count). The molecule has 5 nitrogen and oxygen atoms in total. The van der Waals surface area contributed by atoms with E-state index in [1.807, 2.05) is 27.7 Å². The van der Waals surface area contributed by atoms with E-state index in [0.29, 0.717) is 26.2 Å². The largest absolute Gasteiger partial charge is 0.465 e. The maximum atomic E-state index is 12.3. The van der Waals surface area contributed by atoms with E-state index in [9.17, 15) is 4.79 Å². The molecule has 0 heterocycles. The maximum absolute atomic E-state index is 12.3. The number of ether oxygens (including phenoxy) is 3. The molecule has 3 unspecified atom stereocenters. The second-order valence-electron chi connectivity index (χ2n) is 5.66. The first-order valence-corrected chi connectivity index (χ1v) is 8.23. The second kappa shape index (κ2) is 9.38. The van der Waals surface area contributed by atoms with Crippen LogP contribution in [0.5, 0.6) is 0 Å². The van der Waals surface area contributed by atoms with Crippen LogP contribution >= 0.6 is 0 Å². The van der Waals surface area contributed by atoms with Gasteiger partial charge >= 0.3 is 5.97 Å². The molecule has 3 atom stereocenters. The summed E-state index contributed by atoms with van der Waals surface area (Å²) in [6, 6.07) is 0. The summed E-state index contributed by atoms with van der Waals surface area (Å²) >= 11 is 0. The van der Waals surface area contributed by atoms with Gasteiger partial charge in [0.2, 0.25) is 0 Å².